The van der Waals surface area contributed by atoms with Crippen molar-refractivity contribution >= 4 is 45.6 Å². The van der Waals surface area contributed by atoms with Gasteiger partial charge in [-0.1, -0.05) is 27.5 Å². The lowest BCUT2D eigenvalue weighted by Gasteiger charge is -2.09. The molecule has 0 atom stereocenters. The first kappa shape index (κ1) is 20.7. The van der Waals surface area contributed by atoms with Gasteiger partial charge in [0.15, 0.2) is 6.61 Å². The van der Waals surface area contributed by atoms with Gasteiger partial charge < -0.3 is 15.2 Å². The van der Waals surface area contributed by atoms with Gasteiger partial charge in [0.25, 0.3) is 11.8 Å². The first-order valence-electron chi connectivity index (χ1n) is 7.81. The summed E-state index contributed by atoms with van der Waals surface area (Å²) in [5.74, 6) is -0.401. The Labute approximate surface area is 169 Å². The van der Waals surface area contributed by atoms with E-state index >= 15 is 0 Å². The summed E-state index contributed by atoms with van der Waals surface area (Å²) < 4.78 is 6.15. The number of benzene rings is 2. The van der Waals surface area contributed by atoms with Gasteiger partial charge >= 0.3 is 0 Å². The van der Waals surface area contributed by atoms with Crippen LogP contribution in [0.4, 0.5) is 0 Å². The van der Waals surface area contributed by atoms with Crippen molar-refractivity contribution in [2.24, 2.45) is 5.10 Å². The van der Waals surface area contributed by atoms with Crippen molar-refractivity contribution < 1.29 is 19.4 Å². The topological polar surface area (TPSA) is 100 Å². The standard InChI is InChI=1S/C18H17BrClN3O4/c1-11-6-14(20)3-5-16(11)27-10-18(26)21-9-17(25)23-22-8-12-7-13(19)2-4-15(12)24/h2-8,24H,9-10H2,1H3,(H,21,26)(H,23,25)/b22-8-. The van der Waals surface area contributed by atoms with E-state index in [1.807, 2.05) is 6.92 Å². The lowest BCUT2D eigenvalue weighted by atomic mass is 10.2. The highest BCUT2D eigenvalue weighted by atomic mass is 79.9. The third kappa shape index (κ3) is 6.92. The maximum absolute atomic E-state index is 11.8. The van der Waals surface area contributed by atoms with Crippen LogP contribution in [0.25, 0.3) is 0 Å². The van der Waals surface area contributed by atoms with E-state index in [1.165, 1.54) is 12.3 Å². The predicted octanol–water partition coefficient (Wildman–Crippen LogP) is 2.76. The zero-order valence-corrected chi connectivity index (χ0v) is 16.7. The third-order valence-electron chi connectivity index (χ3n) is 3.32. The molecule has 2 aromatic carbocycles. The Balaban J connectivity index is 1.73. The van der Waals surface area contributed by atoms with E-state index in [0.717, 1.165) is 10.0 Å². The molecule has 0 heterocycles. The molecule has 2 aromatic rings. The van der Waals surface area contributed by atoms with Gasteiger partial charge in [-0.3, -0.25) is 9.59 Å². The van der Waals surface area contributed by atoms with Crippen molar-refractivity contribution in [1.82, 2.24) is 10.7 Å². The number of ether oxygens (including phenoxy) is 1. The number of hydrogen-bond donors (Lipinski definition) is 3. The van der Waals surface area contributed by atoms with E-state index in [4.69, 9.17) is 16.3 Å². The Kier molecular flexibility index (Phi) is 7.63. The molecule has 27 heavy (non-hydrogen) atoms. The second-order valence-corrected chi connectivity index (χ2v) is 6.82. The average molecular weight is 455 g/mol. The number of aryl methyl sites for hydroxylation is 1. The van der Waals surface area contributed by atoms with E-state index in [9.17, 15) is 14.7 Å². The molecule has 0 aliphatic heterocycles. The number of amides is 2. The molecule has 0 aromatic heterocycles. The van der Waals surface area contributed by atoms with Crippen molar-refractivity contribution in [2.75, 3.05) is 13.2 Å². The minimum Gasteiger partial charge on any atom is -0.507 e. The van der Waals surface area contributed by atoms with Gasteiger partial charge in [0.2, 0.25) is 0 Å². The number of hydrazone groups is 1. The maximum Gasteiger partial charge on any atom is 0.259 e. The fourth-order valence-electron chi connectivity index (χ4n) is 1.99. The van der Waals surface area contributed by atoms with Gasteiger partial charge in [-0.25, -0.2) is 5.43 Å². The van der Waals surface area contributed by atoms with Crippen molar-refractivity contribution in [3.8, 4) is 11.5 Å². The highest BCUT2D eigenvalue weighted by Crippen LogP contribution is 2.21. The van der Waals surface area contributed by atoms with Crippen LogP contribution in [0.2, 0.25) is 5.02 Å². The fraction of sp³-hybridized carbons (Fsp3) is 0.167. The first-order chi connectivity index (χ1) is 12.8. The van der Waals surface area contributed by atoms with Crippen LogP contribution in [-0.4, -0.2) is 36.3 Å². The third-order valence-corrected chi connectivity index (χ3v) is 4.05. The second-order valence-electron chi connectivity index (χ2n) is 5.47. The molecule has 0 aliphatic rings. The summed E-state index contributed by atoms with van der Waals surface area (Å²) in [5.41, 5.74) is 3.49. The molecule has 0 unspecified atom stereocenters. The predicted molar refractivity (Wildman–Crippen MR) is 106 cm³/mol. The molecule has 0 fully saturated rings. The molecule has 3 N–H and O–H groups in total. The minimum atomic E-state index is -0.517. The average Bonchev–Trinajstić information content (AvgIpc) is 2.62. The molecule has 0 spiro atoms. The molecule has 7 nitrogen and oxygen atoms in total. The monoisotopic (exact) mass is 453 g/mol. The Morgan fingerprint density at radius 2 is 2.04 bits per heavy atom. The summed E-state index contributed by atoms with van der Waals surface area (Å²) in [6.45, 7) is 1.32. The molecule has 142 valence electrons. The highest BCUT2D eigenvalue weighted by Gasteiger charge is 2.07. The number of rotatable bonds is 7. The summed E-state index contributed by atoms with van der Waals surface area (Å²) in [7, 11) is 0. The molecular formula is C18H17BrClN3O4. The molecule has 0 radical (unpaired) electrons. The van der Waals surface area contributed by atoms with Crippen molar-refractivity contribution in [1.29, 1.82) is 0 Å². The molecule has 9 heteroatoms. The summed E-state index contributed by atoms with van der Waals surface area (Å²) in [5, 5.41) is 16.4. The van der Waals surface area contributed by atoms with E-state index in [0.29, 0.717) is 16.3 Å². The number of aromatic hydroxyl groups is 1. The minimum absolute atomic E-state index is 0.0270. The molecule has 2 rings (SSSR count). The van der Waals surface area contributed by atoms with Crippen LogP contribution in [0.15, 0.2) is 46.0 Å². The molecule has 2 amide bonds. The van der Waals surface area contributed by atoms with Crippen LogP contribution >= 0.6 is 27.5 Å². The van der Waals surface area contributed by atoms with Crippen LogP contribution in [0.5, 0.6) is 11.5 Å². The van der Waals surface area contributed by atoms with Crippen LogP contribution in [0, 0.1) is 6.92 Å². The summed E-state index contributed by atoms with van der Waals surface area (Å²) >= 11 is 9.13. The van der Waals surface area contributed by atoms with Gasteiger partial charge in [-0.15, -0.1) is 0 Å². The largest absolute Gasteiger partial charge is 0.507 e. The lowest BCUT2D eigenvalue weighted by molar-refractivity contribution is -0.127. The Bertz CT molecular complexity index is 874. The number of hydrogen-bond acceptors (Lipinski definition) is 5. The summed E-state index contributed by atoms with van der Waals surface area (Å²) in [6, 6.07) is 9.87. The fourth-order valence-corrected chi connectivity index (χ4v) is 2.60. The number of carbonyl (C=O) groups excluding carboxylic acids is 2. The maximum atomic E-state index is 11.8. The SMILES string of the molecule is Cc1cc(Cl)ccc1OCC(=O)NCC(=O)N/N=C\c1cc(Br)ccc1O. The summed E-state index contributed by atoms with van der Waals surface area (Å²) in [6.07, 6.45) is 1.30. The smallest absolute Gasteiger partial charge is 0.259 e. The van der Waals surface area contributed by atoms with Crippen LogP contribution in [0.3, 0.4) is 0 Å². The number of phenols is 1. The number of phenolic OH excluding ortho intramolecular Hbond substituents is 1. The number of nitrogens with one attached hydrogen (secondary N) is 2. The van der Waals surface area contributed by atoms with Crippen molar-refractivity contribution in [2.45, 2.75) is 6.92 Å². The normalized spacial score (nSPS) is 10.6. The zero-order chi connectivity index (χ0) is 19.8. The van der Waals surface area contributed by atoms with E-state index in [1.54, 1.807) is 30.3 Å². The van der Waals surface area contributed by atoms with Crippen molar-refractivity contribution in [3.63, 3.8) is 0 Å². The van der Waals surface area contributed by atoms with Crippen LogP contribution in [0.1, 0.15) is 11.1 Å². The van der Waals surface area contributed by atoms with Gasteiger partial charge in [0.05, 0.1) is 12.8 Å². The van der Waals surface area contributed by atoms with E-state index in [-0.39, 0.29) is 18.9 Å². The highest BCUT2D eigenvalue weighted by molar-refractivity contribution is 9.10. The van der Waals surface area contributed by atoms with E-state index < -0.39 is 11.8 Å². The molecule has 0 bridgehead atoms. The second kappa shape index (κ2) is 9.94. The van der Waals surface area contributed by atoms with Gasteiger partial charge in [0, 0.05) is 15.1 Å². The number of nitrogens with zero attached hydrogens (tertiary/aromatic N) is 1. The summed E-state index contributed by atoms with van der Waals surface area (Å²) in [4.78, 5) is 23.4. The van der Waals surface area contributed by atoms with E-state index in [2.05, 4.69) is 31.8 Å². The van der Waals surface area contributed by atoms with Crippen LogP contribution in [-0.2, 0) is 9.59 Å². The first-order valence-corrected chi connectivity index (χ1v) is 8.98. The van der Waals surface area contributed by atoms with Crippen molar-refractivity contribution in [3.05, 3.63) is 57.0 Å². The Hall–Kier alpha value is -2.58. The number of carbonyl (C=O) groups is 2. The number of halogens is 2. The van der Waals surface area contributed by atoms with Gasteiger partial charge in [-0.2, -0.15) is 5.10 Å². The zero-order valence-electron chi connectivity index (χ0n) is 14.3. The molecular weight excluding hydrogens is 438 g/mol. The van der Waals surface area contributed by atoms with Gasteiger partial charge in [-0.05, 0) is 48.9 Å². The lowest BCUT2D eigenvalue weighted by Crippen LogP contribution is -2.37. The van der Waals surface area contributed by atoms with Gasteiger partial charge in [0.1, 0.15) is 11.5 Å². The Morgan fingerprint density at radius 3 is 2.78 bits per heavy atom. The molecule has 0 saturated heterocycles. The molecule has 0 aliphatic carbocycles. The molecule has 0 saturated carbocycles. The van der Waals surface area contributed by atoms with Crippen LogP contribution < -0.4 is 15.5 Å². The quantitative estimate of drug-likeness (QED) is 0.442. The Morgan fingerprint density at radius 1 is 1.26 bits per heavy atom.